The Labute approximate surface area is 87.3 Å². The average Bonchev–Trinajstić information content (AvgIpc) is 2.01. The Hall–Kier alpha value is -0.570. The third kappa shape index (κ3) is 5.22. The van der Waals surface area contributed by atoms with Crippen molar-refractivity contribution in [2.45, 2.75) is 45.1 Å². The van der Waals surface area contributed by atoms with E-state index in [2.05, 4.69) is 6.92 Å². The number of likely N-dealkylation sites (N-methyl/N-ethyl adjacent to an activating group) is 1. The molecule has 0 saturated carbocycles. The van der Waals surface area contributed by atoms with Crippen molar-refractivity contribution < 1.29 is 14.4 Å². The van der Waals surface area contributed by atoms with Gasteiger partial charge in [-0.2, -0.15) is 0 Å². The summed E-state index contributed by atoms with van der Waals surface area (Å²) in [6.45, 7) is 2.16. The summed E-state index contributed by atoms with van der Waals surface area (Å²) in [4.78, 5) is 11.0. The first-order valence-corrected chi connectivity index (χ1v) is 5.43. The smallest absolute Gasteiger partial charge is 0.362 e. The van der Waals surface area contributed by atoms with Crippen molar-refractivity contribution in [2.75, 3.05) is 21.1 Å². The summed E-state index contributed by atoms with van der Waals surface area (Å²) in [5, 5.41) is 9.05. The minimum absolute atomic E-state index is 0.258. The fraction of sp³-hybridized carbons (Fsp3) is 0.909. The second-order valence-corrected chi connectivity index (χ2v) is 4.82. The molecular weight excluding hydrogens is 178 g/mol. The van der Waals surface area contributed by atoms with Crippen LogP contribution in [0.2, 0.25) is 0 Å². The van der Waals surface area contributed by atoms with Gasteiger partial charge in [-0.25, -0.2) is 4.79 Å². The van der Waals surface area contributed by atoms with Crippen molar-refractivity contribution in [3.8, 4) is 0 Å². The van der Waals surface area contributed by atoms with Crippen molar-refractivity contribution in [3.63, 3.8) is 0 Å². The topological polar surface area (TPSA) is 37.3 Å². The highest BCUT2D eigenvalue weighted by Crippen LogP contribution is 2.13. The first-order chi connectivity index (χ1) is 6.39. The van der Waals surface area contributed by atoms with Crippen LogP contribution in [0, 0.1) is 0 Å². The number of aliphatic carboxylic acids is 1. The number of quaternary nitrogens is 1. The van der Waals surface area contributed by atoms with E-state index in [0.717, 1.165) is 19.3 Å². The van der Waals surface area contributed by atoms with Gasteiger partial charge in [-0.1, -0.05) is 26.2 Å². The second-order valence-electron chi connectivity index (χ2n) is 4.82. The maximum absolute atomic E-state index is 11.0. The summed E-state index contributed by atoms with van der Waals surface area (Å²) in [7, 11) is 5.83. The SMILES string of the molecule is CCCCCCC(C(=O)O)[N+](C)(C)C. The predicted octanol–water partition coefficient (Wildman–Crippen LogP) is 2.12. The molecule has 0 fully saturated rings. The zero-order chi connectivity index (χ0) is 11.2. The molecule has 0 aliphatic rings. The lowest BCUT2D eigenvalue weighted by atomic mass is 10.1. The Morgan fingerprint density at radius 3 is 2.14 bits per heavy atom. The van der Waals surface area contributed by atoms with E-state index in [1.165, 1.54) is 12.8 Å². The van der Waals surface area contributed by atoms with Gasteiger partial charge in [-0.3, -0.25) is 0 Å². The molecule has 0 aromatic carbocycles. The molecule has 0 bridgehead atoms. The monoisotopic (exact) mass is 202 g/mol. The standard InChI is InChI=1S/C11H23NO2/c1-5-6-7-8-9-10(11(13)14)12(2,3)4/h10H,5-9H2,1-4H3/p+1. The predicted molar refractivity (Wildman–Crippen MR) is 58.2 cm³/mol. The molecule has 0 aliphatic heterocycles. The number of hydrogen-bond acceptors (Lipinski definition) is 1. The van der Waals surface area contributed by atoms with Crippen LogP contribution in [0.15, 0.2) is 0 Å². The number of carboxylic acids is 1. The van der Waals surface area contributed by atoms with Gasteiger partial charge in [-0.05, 0) is 6.42 Å². The van der Waals surface area contributed by atoms with Crippen LogP contribution in [0.3, 0.4) is 0 Å². The maximum atomic E-state index is 11.0. The van der Waals surface area contributed by atoms with Gasteiger partial charge in [0.1, 0.15) is 0 Å². The average molecular weight is 202 g/mol. The number of hydrogen-bond donors (Lipinski definition) is 1. The van der Waals surface area contributed by atoms with Crippen molar-refractivity contribution in [1.29, 1.82) is 0 Å². The third-order valence-corrected chi connectivity index (χ3v) is 2.55. The fourth-order valence-electron chi connectivity index (χ4n) is 1.61. The normalized spacial score (nSPS) is 14.0. The molecule has 0 aliphatic carbocycles. The van der Waals surface area contributed by atoms with E-state index >= 15 is 0 Å². The van der Waals surface area contributed by atoms with Crippen LogP contribution in [-0.2, 0) is 4.79 Å². The number of rotatable bonds is 7. The van der Waals surface area contributed by atoms with Crippen molar-refractivity contribution in [1.82, 2.24) is 0 Å². The largest absolute Gasteiger partial charge is 0.477 e. The quantitative estimate of drug-likeness (QED) is 0.507. The highest BCUT2D eigenvalue weighted by Gasteiger charge is 2.30. The molecule has 1 unspecified atom stereocenters. The van der Waals surface area contributed by atoms with Gasteiger partial charge in [-0.15, -0.1) is 0 Å². The lowest BCUT2D eigenvalue weighted by Gasteiger charge is -2.31. The summed E-state index contributed by atoms with van der Waals surface area (Å²) >= 11 is 0. The molecule has 0 rings (SSSR count). The molecule has 0 aromatic rings. The molecule has 0 radical (unpaired) electrons. The summed E-state index contributed by atoms with van der Waals surface area (Å²) in [6, 6.07) is -0.258. The minimum Gasteiger partial charge on any atom is -0.477 e. The number of unbranched alkanes of at least 4 members (excludes halogenated alkanes) is 3. The van der Waals surface area contributed by atoms with E-state index in [4.69, 9.17) is 5.11 Å². The summed E-state index contributed by atoms with van der Waals surface area (Å²) in [5.41, 5.74) is 0. The lowest BCUT2D eigenvalue weighted by molar-refractivity contribution is -0.887. The molecule has 0 aromatic heterocycles. The fourth-order valence-corrected chi connectivity index (χ4v) is 1.61. The first kappa shape index (κ1) is 13.4. The molecule has 84 valence electrons. The number of carboxylic acid groups (broad SMARTS) is 1. The Morgan fingerprint density at radius 1 is 1.21 bits per heavy atom. The van der Waals surface area contributed by atoms with E-state index < -0.39 is 5.97 Å². The molecule has 1 atom stereocenters. The van der Waals surface area contributed by atoms with Gasteiger partial charge in [0.2, 0.25) is 0 Å². The summed E-state index contributed by atoms with van der Waals surface area (Å²) in [6.07, 6.45) is 5.38. The molecule has 0 heterocycles. The van der Waals surface area contributed by atoms with Crippen LogP contribution >= 0.6 is 0 Å². The van der Waals surface area contributed by atoms with Gasteiger partial charge < -0.3 is 9.59 Å². The van der Waals surface area contributed by atoms with E-state index in [1.54, 1.807) is 0 Å². The second kappa shape index (κ2) is 6.02. The number of nitrogens with zero attached hydrogens (tertiary/aromatic N) is 1. The molecule has 1 N–H and O–H groups in total. The van der Waals surface area contributed by atoms with Crippen molar-refractivity contribution in [3.05, 3.63) is 0 Å². The molecular formula is C11H24NO2+. The number of carbonyl (C=O) groups is 1. The van der Waals surface area contributed by atoms with Gasteiger partial charge in [0, 0.05) is 6.42 Å². The molecule has 3 nitrogen and oxygen atoms in total. The van der Waals surface area contributed by atoms with Crippen LogP contribution in [0.5, 0.6) is 0 Å². The van der Waals surface area contributed by atoms with Crippen LogP contribution in [-0.4, -0.2) is 42.7 Å². The van der Waals surface area contributed by atoms with E-state index in [0.29, 0.717) is 4.48 Å². The maximum Gasteiger partial charge on any atom is 0.362 e. The Morgan fingerprint density at radius 2 is 1.79 bits per heavy atom. The molecule has 0 amide bonds. The molecule has 0 spiro atoms. The Balaban J connectivity index is 3.94. The van der Waals surface area contributed by atoms with Gasteiger partial charge in [0.15, 0.2) is 6.04 Å². The van der Waals surface area contributed by atoms with Crippen LogP contribution in [0.4, 0.5) is 0 Å². The van der Waals surface area contributed by atoms with Gasteiger partial charge >= 0.3 is 5.97 Å². The van der Waals surface area contributed by atoms with Crippen LogP contribution < -0.4 is 0 Å². The highest BCUT2D eigenvalue weighted by molar-refractivity contribution is 5.72. The van der Waals surface area contributed by atoms with E-state index in [1.807, 2.05) is 21.1 Å². The molecule has 14 heavy (non-hydrogen) atoms. The zero-order valence-corrected chi connectivity index (χ0v) is 9.92. The highest BCUT2D eigenvalue weighted by atomic mass is 16.4. The summed E-state index contributed by atoms with van der Waals surface area (Å²) in [5.74, 6) is -0.672. The molecule has 0 saturated heterocycles. The van der Waals surface area contributed by atoms with Crippen molar-refractivity contribution >= 4 is 5.97 Å². The van der Waals surface area contributed by atoms with E-state index in [9.17, 15) is 4.79 Å². The third-order valence-electron chi connectivity index (χ3n) is 2.55. The zero-order valence-electron chi connectivity index (χ0n) is 9.92. The van der Waals surface area contributed by atoms with Gasteiger partial charge in [0.05, 0.1) is 21.1 Å². The van der Waals surface area contributed by atoms with Gasteiger partial charge in [0.25, 0.3) is 0 Å². The minimum atomic E-state index is -0.672. The lowest BCUT2D eigenvalue weighted by Crippen LogP contribution is -2.49. The Bertz CT molecular complexity index is 173. The van der Waals surface area contributed by atoms with Crippen LogP contribution in [0.1, 0.15) is 39.0 Å². The molecule has 3 heteroatoms. The van der Waals surface area contributed by atoms with Crippen molar-refractivity contribution in [2.24, 2.45) is 0 Å². The Kier molecular flexibility index (Phi) is 5.77. The first-order valence-electron chi connectivity index (χ1n) is 5.43. The summed E-state index contributed by atoms with van der Waals surface area (Å²) < 4.78 is 0.515. The van der Waals surface area contributed by atoms with E-state index in [-0.39, 0.29) is 6.04 Å². The van der Waals surface area contributed by atoms with Crippen LogP contribution in [0.25, 0.3) is 0 Å².